The van der Waals surface area contributed by atoms with Crippen LogP contribution < -0.4 is 40.2 Å². The number of aliphatic carboxylic acids is 2. The predicted octanol–water partition coefficient (Wildman–Crippen LogP) is 11.2. The van der Waals surface area contributed by atoms with Crippen molar-refractivity contribution in [2.24, 2.45) is 0 Å². The molecule has 0 fully saturated rings. The third-order valence-electron chi connectivity index (χ3n) is 16.6. The molecule has 0 saturated heterocycles. The van der Waals surface area contributed by atoms with E-state index >= 15 is 19.2 Å². The SMILES string of the molecule is C=C(C)C(=O)NCCc1ccc(Oc2cc3c4c(cc(Oc5ccc(CCNC(=O)C(=C)C)cc5)c5c6c(Oc7ccc(CCNC(=O)C(=C)C)cc7)cc7c8c(cc(Oc9ccc(CCNC(=O)C(=C)C)cc9)c(c2c45)c86)C(=O)N(CC(=O)O)C7=O)C(=O)N(CC(=O)O)C3=O)cc1. The number of fused-ring (bicyclic) bond motifs is 2. The van der Waals surface area contributed by atoms with Gasteiger partial charge in [0.05, 0.1) is 22.3 Å². The maximum atomic E-state index is 15.2. The minimum atomic E-state index is -1.50. The molecule has 0 radical (unpaired) electrons. The molecule has 0 bridgehead atoms. The second-order valence-electron chi connectivity index (χ2n) is 24.0. The van der Waals surface area contributed by atoms with Crippen LogP contribution in [0.5, 0.6) is 46.0 Å². The fraction of sp³-hybridized carbons (Fsp3) is 0.184. The summed E-state index contributed by atoms with van der Waals surface area (Å²) in [5.41, 5.74) is 3.81. The Morgan fingerprint density at radius 2 is 0.541 bits per heavy atom. The minimum absolute atomic E-state index is 0.0209. The van der Waals surface area contributed by atoms with Crippen LogP contribution in [0.2, 0.25) is 0 Å². The van der Waals surface area contributed by atoms with E-state index in [0.717, 1.165) is 22.3 Å². The number of carbonyl (C=O) groups is 10. The average molecular weight is 1320 g/mol. The van der Waals surface area contributed by atoms with Crippen molar-refractivity contribution in [1.82, 2.24) is 31.1 Å². The monoisotopic (exact) mass is 1320 g/mol. The standard InChI is InChI=1S/C76H66N6O16/c1-39(2)69(87)77-29-25-43-9-17-47(18-10-43)95-55-33-51-61-52(74(92)81(73(51)91)37-59(83)84)35-57(97-49-21-13-45(14-22-49)27-31-79-71(89)41(5)6)65-66-58(98-50-23-15-46(16-24-50)28-32-80-72(90)42(7)8)36-54-62-53(75(93)82(76(54)94)38-60(85)86)34-56(64(68(62)66)63(55)67(61)65)96-48-19-11-44(12-20-48)26-30-78-70(88)40(3)4/h9-24,33-36H,1,3,5,7,25-32,37-38H2,2,4,6,8H3,(H,77,87)(H,78,88)(H,79,89)(H,80,90)(H,83,84)(H,85,86). The third kappa shape index (κ3) is 13.7. The van der Waals surface area contributed by atoms with Crippen molar-refractivity contribution in [3.63, 3.8) is 0 Å². The number of carboxylic acids is 2. The Morgan fingerprint density at radius 1 is 0.337 bits per heavy atom. The van der Waals surface area contributed by atoms with E-state index in [1.807, 2.05) is 0 Å². The number of carboxylic acid groups (broad SMARTS) is 2. The maximum Gasteiger partial charge on any atom is 0.323 e. The lowest BCUT2D eigenvalue weighted by molar-refractivity contribution is -0.138. The molecule has 0 aromatic heterocycles. The molecule has 0 aliphatic carbocycles. The van der Waals surface area contributed by atoms with Crippen LogP contribution in [0.4, 0.5) is 0 Å². The number of benzene rings is 9. The summed E-state index contributed by atoms with van der Waals surface area (Å²) >= 11 is 0. The molecule has 6 N–H and O–H groups in total. The lowest BCUT2D eigenvalue weighted by atomic mass is 9.80. The summed E-state index contributed by atoms with van der Waals surface area (Å²) in [5, 5.41) is 32.6. The molecule has 0 atom stereocenters. The highest BCUT2D eigenvalue weighted by atomic mass is 16.5. The topological polar surface area (TPSA) is 303 Å². The molecule has 0 unspecified atom stereocenters. The van der Waals surface area contributed by atoms with Gasteiger partial charge in [-0.05, 0) is 148 Å². The van der Waals surface area contributed by atoms with Gasteiger partial charge in [0.15, 0.2) is 0 Å². The van der Waals surface area contributed by atoms with E-state index in [4.69, 9.17) is 18.9 Å². The van der Waals surface area contributed by atoms with Gasteiger partial charge in [-0.1, -0.05) is 74.8 Å². The molecular formula is C76H66N6O16. The molecule has 9 aromatic carbocycles. The molecule has 9 aromatic rings. The second kappa shape index (κ2) is 27.9. The zero-order valence-electron chi connectivity index (χ0n) is 54.0. The number of ether oxygens (including phenoxy) is 4. The van der Waals surface area contributed by atoms with Crippen LogP contribution >= 0.6 is 0 Å². The van der Waals surface area contributed by atoms with Crippen molar-refractivity contribution in [2.75, 3.05) is 39.3 Å². The Balaban J connectivity index is 1.23. The van der Waals surface area contributed by atoms with Gasteiger partial charge >= 0.3 is 11.9 Å². The molecule has 2 aliphatic rings. The molecule has 22 nitrogen and oxygen atoms in total. The van der Waals surface area contributed by atoms with Gasteiger partial charge in [0.1, 0.15) is 59.1 Å². The molecular weight excluding hydrogens is 1250 g/mol. The largest absolute Gasteiger partial charge is 0.480 e. The van der Waals surface area contributed by atoms with Crippen LogP contribution in [0.15, 0.2) is 170 Å². The van der Waals surface area contributed by atoms with Crippen LogP contribution in [0.1, 0.15) is 91.4 Å². The Morgan fingerprint density at radius 3 is 0.724 bits per heavy atom. The first-order valence-corrected chi connectivity index (χ1v) is 31.2. The normalized spacial score (nSPS) is 12.4. The minimum Gasteiger partial charge on any atom is -0.480 e. The molecule has 2 heterocycles. The van der Waals surface area contributed by atoms with Gasteiger partial charge in [0, 0.05) is 91.6 Å². The first kappa shape index (κ1) is 67.0. The summed E-state index contributed by atoms with van der Waals surface area (Å²) in [5.74, 6) is -7.79. The van der Waals surface area contributed by atoms with Gasteiger partial charge in [-0.25, -0.2) is 0 Å². The number of amides is 8. The van der Waals surface area contributed by atoms with E-state index in [9.17, 15) is 39.0 Å². The zero-order valence-corrected chi connectivity index (χ0v) is 54.0. The van der Waals surface area contributed by atoms with Crippen LogP contribution in [-0.2, 0) is 54.5 Å². The van der Waals surface area contributed by atoms with Gasteiger partial charge in [0.2, 0.25) is 23.6 Å². The fourth-order valence-electron chi connectivity index (χ4n) is 11.8. The third-order valence-corrected chi connectivity index (χ3v) is 16.6. The van der Waals surface area contributed by atoms with E-state index in [2.05, 4.69) is 47.6 Å². The van der Waals surface area contributed by atoms with E-state index < -0.39 is 48.7 Å². The molecule has 0 spiro atoms. The van der Waals surface area contributed by atoms with E-state index in [0.29, 0.717) is 57.8 Å². The number of hydrogen-bond donors (Lipinski definition) is 6. The second-order valence-corrected chi connectivity index (χ2v) is 24.0. The molecule has 11 rings (SSSR count). The van der Waals surface area contributed by atoms with E-state index in [-0.39, 0.29) is 161 Å². The zero-order chi connectivity index (χ0) is 70.0. The molecule has 22 heteroatoms. The number of hydrogen-bond acceptors (Lipinski definition) is 14. The summed E-state index contributed by atoms with van der Waals surface area (Å²) in [6.45, 7) is 20.2. The summed E-state index contributed by atoms with van der Waals surface area (Å²) in [7, 11) is 0. The highest BCUT2D eigenvalue weighted by Gasteiger charge is 2.42. The Kier molecular flexibility index (Phi) is 19.0. The summed E-state index contributed by atoms with van der Waals surface area (Å²) < 4.78 is 28.0. The van der Waals surface area contributed by atoms with Crippen LogP contribution in [0.3, 0.4) is 0 Å². The van der Waals surface area contributed by atoms with E-state index in [1.54, 1.807) is 125 Å². The van der Waals surface area contributed by atoms with Gasteiger partial charge < -0.3 is 50.4 Å². The van der Waals surface area contributed by atoms with Crippen molar-refractivity contribution in [1.29, 1.82) is 0 Å². The summed E-state index contributed by atoms with van der Waals surface area (Å²) in [6, 6.07) is 32.9. The molecule has 0 saturated carbocycles. The highest BCUT2D eigenvalue weighted by Crippen LogP contribution is 2.58. The van der Waals surface area contributed by atoms with Gasteiger partial charge in [-0.15, -0.1) is 0 Å². The van der Waals surface area contributed by atoms with Crippen molar-refractivity contribution >= 4 is 102 Å². The highest BCUT2D eigenvalue weighted by molar-refractivity contribution is 6.45. The van der Waals surface area contributed by atoms with Crippen LogP contribution in [-0.4, -0.2) is 118 Å². The average Bonchev–Trinajstić information content (AvgIpc) is 0.673. The van der Waals surface area contributed by atoms with Crippen molar-refractivity contribution in [3.05, 3.63) is 214 Å². The Bertz CT molecular complexity index is 4330. The maximum absolute atomic E-state index is 15.2. The number of carbonyl (C=O) groups excluding carboxylic acids is 8. The fourth-order valence-corrected chi connectivity index (χ4v) is 11.8. The van der Waals surface area contributed by atoms with Crippen molar-refractivity contribution in [2.45, 2.75) is 53.4 Å². The lowest BCUT2D eigenvalue weighted by Gasteiger charge is -2.32. The summed E-state index contributed by atoms with van der Waals surface area (Å²) in [4.78, 5) is 137. The quantitative estimate of drug-likeness (QED) is 0.0115. The predicted molar refractivity (Wildman–Crippen MR) is 366 cm³/mol. The Hall–Kier alpha value is -12.5. The molecule has 98 heavy (non-hydrogen) atoms. The summed E-state index contributed by atoms with van der Waals surface area (Å²) in [6.07, 6.45) is 1.61. The van der Waals surface area contributed by atoms with Gasteiger partial charge in [-0.2, -0.15) is 0 Å². The first-order chi connectivity index (χ1) is 46.8. The van der Waals surface area contributed by atoms with Gasteiger partial charge in [-0.3, -0.25) is 57.7 Å². The number of rotatable bonds is 28. The Labute approximate surface area is 561 Å². The smallest absolute Gasteiger partial charge is 0.323 e. The van der Waals surface area contributed by atoms with Crippen molar-refractivity contribution < 1.29 is 77.1 Å². The number of nitrogens with one attached hydrogen (secondary N) is 4. The van der Waals surface area contributed by atoms with Crippen molar-refractivity contribution in [3.8, 4) is 46.0 Å². The lowest BCUT2D eigenvalue weighted by Crippen LogP contribution is -2.43. The molecule has 8 amide bonds. The number of nitrogens with zero attached hydrogens (tertiary/aromatic N) is 2. The molecule has 496 valence electrons. The van der Waals surface area contributed by atoms with Gasteiger partial charge in [0.25, 0.3) is 23.6 Å². The van der Waals surface area contributed by atoms with Crippen LogP contribution in [0, 0.1) is 0 Å². The molecule has 2 aliphatic heterocycles. The first-order valence-electron chi connectivity index (χ1n) is 31.2. The van der Waals surface area contributed by atoms with E-state index in [1.165, 1.54) is 24.3 Å². The number of imide groups is 2. The van der Waals surface area contributed by atoms with Crippen LogP contribution in [0.25, 0.3) is 43.1 Å².